The van der Waals surface area contributed by atoms with Gasteiger partial charge in [-0.15, -0.1) is 0 Å². The number of esters is 2. The van der Waals surface area contributed by atoms with E-state index >= 15 is 0 Å². The van der Waals surface area contributed by atoms with Gasteiger partial charge in [0.15, 0.2) is 0 Å². The lowest BCUT2D eigenvalue weighted by molar-refractivity contribution is -0.145. The molecule has 120 valence electrons. The number of ether oxygens (including phenoxy) is 3. The van der Waals surface area contributed by atoms with Gasteiger partial charge >= 0.3 is 11.9 Å². The predicted molar refractivity (Wildman–Crippen MR) is 78.0 cm³/mol. The molecule has 6 nitrogen and oxygen atoms in total. The maximum absolute atomic E-state index is 11.8. The summed E-state index contributed by atoms with van der Waals surface area (Å²) in [7, 11) is 2.85. The number of aromatic hydroxyl groups is 1. The highest BCUT2D eigenvalue weighted by Gasteiger charge is 2.32. The molecule has 0 fully saturated rings. The molecule has 1 N–H and O–H groups in total. The van der Waals surface area contributed by atoms with Crippen LogP contribution in [0, 0.1) is 12.8 Å². The van der Waals surface area contributed by atoms with Crippen molar-refractivity contribution in [3.63, 3.8) is 0 Å². The Hall–Kier alpha value is -2.24. The zero-order valence-electron chi connectivity index (χ0n) is 13.2. The monoisotopic (exact) mass is 308 g/mol. The molecular formula is C16H20O6. The van der Waals surface area contributed by atoms with E-state index in [1.165, 1.54) is 14.2 Å². The molecule has 1 heterocycles. The lowest BCUT2D eigenvalue weighted by atomic mass is 9.92. The van der Waals surface area contributed by atoms with Crippen LogP contribution in [-0.4, -0.2) is 31.3 Å². The highest BCUT2D eigenvalue weighted by atomic mass is 16.5. The van der Waals surface area contributed by atoms with Crippen molar-refractivity contribution in [1.82, 2.24) is 0 Å². The fourth-order valence-corrected chi connectivity index (χ4v) is 2.75. The summed E-state index contributed by atoms with van der Waals surface area (Å²) < 4.78 is 15.1. The topological polar surface area (TPSA) is 82.1 Å². The Kier molecular flexibility index (Phi) is 4.59. The molecule has 1 aromatic carbocycles. The van der Waals surface area contributed by atoms with E-state index in [0.29, 0.717) is 29.7 Å². The van der Waals surface area contributed by atoms with Crippen LogP contribution in [0.25, 0.3) is 0 Å². The molecule has 1 aliphatic rings. The molecule has 22 heavy (non-hydrogen) atoms. The van der Waals surface area contributed by atoms with Gasteiger partial charge in [0.05, 0.1) is 20.1 Å². The first-order valence-corrected chi connectivity index (χ1v) is 7.08. The van der Waals surface area contributed by atoms with E-state index in [-0.39, 0.29) is 29.8 Å². The highest BCUT2D eigenvalue weighted by molar-refractivity contribution is 5.98. The molecule has 1 aliphatic heterocycles. The van der Waals surface area contributed by atoms with Crippen LogP contribution in [0.15, 0.2) is 0 Å². The number of phenolic OH excluding ortho intramolecular Hbond substituents is 1. The molecule has 0 radical (unpaired) electrons. The van der Waals surface area contributed by atoms with Crippen molar-refractivity contribution in [1.29, 1.82) is 0 Å². The van der Waals surface area contributed by atoms with E-state index in [9.17, 15) is 14.7 Å². The van der Waals surface area contributed by atoms with E-state index in [1.807, 2.05) is 6.92 Å². The van der Waals surface area contributed by atoms with Gasteiger partial charge in [-0.05, 0) is 25.3 Å². The number of carbonyl (C=O) groups excluding carboxylic acids is 2. The van der Waals surface area contributed by atoms with Gasteiger partial charge in [-0.2, -0.15) is 0 Å². The van der Waals surface area contributed by atoms with Crippen LogP contribution in [0.3, 0.4) is 0 Å². The van der Waals surface area contributed by atoms with Gasteiger partial charge in [0, 0.05) is 11.1 Å². The summed E-state index contributed by atoms with van der Waals surface area (Å²) in [6.07, 6.45) is 0.872. The van der Waals surface area contributed by atoms with Crippen molar-refractivity contribution in [2.75, 3.05) is 14.2 Å². The lowest BCUT2D eigenvalue weighted by Crippen LogP contribution is -2.14. The first-order chi connectivity index (χ1) is 10.4. The van der Waals surface area contributed by atoms with Gasteiger partial charge in [0.1, 0.15) is 23.7 Å². The third-order valence-electron chi connectivity index (χ3n) is 4.08. The van der Waals surface area contributed by atoms with Crippen LogP contribution < -0.4 is 4.74 Å². The summed E-state index contributed by atoms with van der Waals surface area (Å²) in [6.45, 7) is 3.72. The Bertz CT molecular complexity index is 620. The third kappa shape index (κ3) is 2.61. The Morgan fingerprint density at radius 3 is 2.68 bits per heavy atom. The number of fused-ring (bicyclic) bond motifs is 1. The number of benzene rings is 1. The first-order valence-electron chi connectivity index (χ1n) is 7.08. The van der Waals surface area contributed by atoms with Crippen molar-refractivity contribution in [2.45, 2.75) is 33.3 Å². The second-order valence-electron chi connectivity index (χ2n) is 5.38. The van der Waals surface area contributed by atoms with Gasteiger partial charge in [-0.25, -0.2) is 4.79 Å². The number of carbonyl (C=O) groups is 2. The minimum Gasteiger partial charge on any atom is -0.507 e. The summed E-state index contributed by atoms with van der Waals surface area (Å²) in [5.41, 5.74) is 2.17. The average Bonchev–Trinajstić information content (AvgIpc) is 2.90. The summed E-state index contributed by atoms with van der Waals surface area (Å²) in [4.78, 5) is 23.3. The lowest BCUT2D eigenvalue weighted by Gasteiger charge is -2.17. The smallest absolute Gasteiger partial charge is 0.342 e. The second-order valence-corrected chi connectivity index (χ2v) is 5.38. The SMILES string of the molecule is COC(=O)[C@@H](C)CCc1c(O)c2c(c(C)c1OC)COC2=O. The Morgan fingerprint density at radius 1 is 1.41 bits per heavy atom. The Labute approximate surface area is 129 Å². The number of methoxy groups -OCH3 is 2. The summed E-state index contributed by atoms with van der Waals surface area (Å²) in [6, 6.07) is 0. The van der Waals surface area contributed by atoms with E-state index in [4.69, 9.17) is 14.2 Å². The van der Waals surface area contributed by atoms with Crippen LogP contribution in [0.4, 0.5) is 0 Å². The molecule has 0 aliphatic carbocycles. The normalized spacial score (nSPS) is 14.3. The van der Waals surface area contributed by atoms with Crippen LogP contribution in [0.5, 0.6) is 11.5 Å². The number of hydrogen-bond donors (Lipinski definition) is 1. The molecule has 0 unspecified atom stereocenters. The minimum atomic E-state index is -0.527. The molecular weight excluding hydrogens is 288 g/mol. The van der Waals surface area contributed by atoms with Crippen molar-refractivity contribution in [2.24, 2.45) is 5.92 Å². The number of rotatable bonds is 5. The number of cyclic esters (lactones) is 1. The zero-order valence-corrected chi connectivity index (χ0v) is 13.2. The maximum atomic E-state index is 11.8. The van der Waals surface area contributed by atoms with Gasteiger partial charge in [-0.3, -0.25) is 4.79 Å². The van der Waals surface area contributed by atoms with Crippen molar-refractivity contribution < 1.29 is 28.9 Å². The molecule has 0 aromatic heterocycles. The number of phenols is 1. The van der Waals surface area contributed by atoms with Crippen molar-refractivity contribution >= 4 is 11.9 Å². The van der Waals surface area contributed by atoms with E-state index in [1.54, 1.807) is 6.92 Å². The Morgan fingerprint density at radius 2 is 2.09 bits per heavy atom. The zero-order chi connectivity index (χ0) is 16.4. The first kappa shape index (κ1) is 16.1. The number of hydrogen-bond acceptors (Lipinski definition) is 6. The predicted octanol–water partition coefficient (Wildman–Crippen LogP) is 2.12. The van der Waals surface area contributed by atoms with Gasteiger partial charge in [0.2, 0.25) is 0 Å². The Balaban J connectivity index is 2.39. The molecule has 0 saturated heterocycles. The van der Waals surface area contributed by atoms with E-state index in [0.717, 1.165) is 5.56 Å². The van der Waals surface area contributed by atoms with Crippen LogP contribution >= 0.6 is 0 Å². The quantitative estimate of drug-likeness (QED) is 0.839. The van der Waals surface area contributed by atoms with Gasteiger partial charge in [-0.1, -0.05) is 6.92 Å². The molecule has 1 atom stereocenters. The second kappa shape index (κ2) is 6.25. The summed E-state index contributed by atoms with van der Waals surface area (Å²) >= 11 is 0. The highest BCUT2D eigenvalue weighted by Crippen LogP contribution is 2.42. The molecule has 0 amide bonds. The van der Waals surface area contributed by atoms with Crippen LogP contribution in [0.2, 0.25) is 0 Å². The molecule has 2 rings (SSSR count). The molecule has 0 saturated carbocycles. The average molecular weight is 308 g/mol. The van der Waals surface area contributed by atoms with Gasteiger partial charge in [0.25, 0.3) is 0 Å². The third-order valence-corrected chi connectivity index (χ3v) is 4.08. The summed E-state index contributed by atoms with van der Waals surface area (Å²) in [5.74, 6) is -0.727. The largest absolute Gasteiger partial charge is 0.507 e. The molecule has 0 spiro atoms. The fourth-order valence-electron chi connectivity index (χ4n) is 2.75. The minimum absolute atomic E-state index is 0.114. The van der Waals surface area contributed by atoms with Crippen molar-refractivity contribution in [3.05, 3.63) is 22.3 Å². The van der Waals surface area contributed by atoms with E-state index in [2.05, 4.69) is 0 Å². The maximum Gasteiger partial charge on any atom is 0.342 e. The van der Waals surface area contributed by atoms with Gasteiger partial charge < -0.3 is 19.3 Å². The fraction of sp³-hybridized carbons (Fsp3) is 0.500. The summed E-state index contributed by atoms with van der Waals surface area (Å²) in [5, 5.41) is 10.4. The van der Waals surface area contributed by atoms with Crippen LogP contribution in [0.1, 0.15) is 40.4 Å². The van der Waals surface area contributed by atoms with Crippen molar-refractivity contribution in [3.8, 4) is 11.5 Å². The van der Waals surface area contributed by atoms with Crippen LogP contribution in [-0.2, 0) is 27.3 Å². The molecule has 1 aromatic rings. The standard InChI is InChI=1S/C16H20O6/c1-8(15(18)21-4)5-6-10-13(17)12-11(7-22-16(12)19)9(2)14(10)20-3/h8,17H,5-7H2,1-4H3/t8-/m0/s1. The van der Waals surface area contributed by atoms with E-state index < -0.39 is 5.97 Å². The molecule has 0 bridgehead atoms. The molecule has 6 heteroatoms.